The summed E-state index contributed by atoms with van der Waals surface area (Å²) in [6.45, 7) is 4.41. The number of nitrogens with zero attached hydrogens (tertiary/aromatic N) is 7. The molecular weight excluding hydrogens is 530 g/mol. The van der Waals surface area contributed by atoms with Crippen molar-refractivity contribution in [2.75, 3.05) is 49.6 Å². The Balaban J connectivity index is 1.22. The lowest BCUT2D eigenvalue weighted by Crippen LogP contribution is -2.56. The van der Waals surface area contributed by atoms with E-state index in [1.165, 1.54) is 23.2 Å². The molecular formula is C32H39N7O3. The standard InChI is InChI=1S/C32H39N7O3/c1-36-15-4-8-25(36)20-42-31-34-27-19-37(28-9-3-7-21-5-2-6-22(12-14-33)29(21)28)16-13-26(27)30(35-31)38-17-23-10-11-24(18-38)39(23)32(40)41/h3,7,9,12,23-25H,2,4-6,8,10-11,13,15-20H2,1H3,(H,40,41)/b22-12-/t23-,24+,25?. The molecule has 1 aromatic carbocycles. The summed E-state index contributed by atoms with van der Waals surface area (Å²) in [5.41, 5.74) is 6.95. The normalized spacial score (nSPS) is 26.2. The number of allylic oxidation sites excluding steroid dienone is 2. The molecule has 1 N–H and O–H groups in total. The van der Waals surface area contributed by atoms with Gasteiger partial charge in [-0.3, -0.25) is 4.90 Å². The zero-order valence-electron chi connectivity index (χ0n) is 24.3. The van der Waals surface area contributed by atoms with Crippen LogP contribution in [0.5, 0.6) is 6.01 Å². The lowest BCUT2D eigenvalue weighted by Gasteiger charge is -2.41. The fourth-order valence-electron chi connectivity index (χ4n) is 7.91. The zero-order chi connectivity index (χ0) is 28.8. The quantitative estimate of drug-likeness (QED) is 0.533. The smallest absolute Gasteiger partial charge is 0.407 e. The summed E-state index contributed by atoms with van der Waals surface area (Å²) >= 11 is 0. The van der Waals surface area contributed by atoms with E-state index >= 15 is 0 Å². The number of likely N-dealkylation sites (N-methyl/N-ethyl adjacent to an activating group) is 1. The second-order valence-electron chi connectivity index (χ2n) is 12.5. The van der Waals surface area contributed by atoms with Crippen molar-refractivity contribution in [1.82, 2.24) is 19.8 Å². The molecule has 1 aliphatic carbocycles. The van der Waals surface area contributed by atoms with Crippen LogP contribution in [0.4, 0.5) is 16.3 Å². The van der Waals surface area contributed by atoms with Gasteiger partial charge in [0.15, 0.2) is 0 Å². The number of fused-ring (bicyclic) bond motifs is 4. The van der Waals surface area contributed by atoms with Gasteiger partial charge in [-0.15, -0.1) is 0 Å². The average molecular weight is 570 g/mol. The van der Waals surface area contributed by atoms with E-state index in [0.29, 0.717) is 38.3 Å². The largest absolute Gasteiger partial charge is 0.465 e. The summed E-state index contributed by atoms with van der Waals surface area (Å²) in [6.07, 6.45) is 8.79. The van der Waals surface area contributed by atoms with Crippen LogP contribution in [0.25, 0.3) is 5.57 Å². The van der Waals surface area contributed by atoms with Crippen LogP contribution in [-0.4, -0.2) is 88.9 Å². The van der Waals surface area contributed by atoms with Crippen molar-refractivity contribution in [3.63, 3.8) is 0 Å². The van der Waals surface area contributed by atoms with E-state index in [-0.39, 0.29) is 12.1 Å². The first kappa shape index (κ1) is 27.0. The number of carboxylic acid groups (broad SMARTS) is 1. The molecule has 1 amide bonds. The van der Waals surface area contributed by atoms with E-state index in [2.05, 4.69) is 46.0 Å². The first-order valence-corrected chi connectivity index (χ1v) is 15.4. The lowest BCUT2D eigenvalue weighted by molar-refractivity contribution is 0.114. The van der Waals surface area contributed by atoms with Gasteiger partial charge in [0.1, 0.15) is 12.4 Å². The highest BCUT2D eigenvalue weighted by Crippen LogP contribution is 2.41. The SMILES string of the molecule is CN1CCCC1COc1nc2c(c(N3C[C@H]4CC[C@@H](C3)N4C(=O)O)n1)CCN(c1cccc3c1/C(=C\C#N)CCC3)C2. The highest BCUT2D eigenvalue weighted by Gasteiger charge is 2.44. The summed E-state index contributed by atoms with van der Waals surface area (Å²) < 4.78 is 6.31. The number of piperazine rings is 1. The first-order valence-electron chi connectivity index (χ1n) is 15.4. The number of amides is 1. The molecule has 0 radical (unpaired) electrons. The van der Waals surface area contributed by atoms with Gasteiger partial charge >= 0.3 is 12.1 Å². The molecule has 2 bridgehead atoms. The van der Waals surface area contributed by atoms with Crippen LogP contribution in [0.15, 0.2) is 24.3 Å². The maximum Gasteiger partial charge on any atom is 0.407 e. The van der Waals surface area contributed by atoms with Crippen LogP contribution in [-0.2, 0) is 19.4 Å². The van der Waals surface area contributed by atoms with Crippen molar-refractivity contribution in [3.05, 3.63) is 46.7 Å². The molecule has 2 aromatic rings. The number of aryl methyl sites for hydroxylation is 1. The first-order chi connectivity index (χ1) is 20.5. The van der Waals surface area contributed by atoms with Crippen molar-refractivity contribution in [2.24, 2.45) is 0 Å². The number of benzene rings is 1. The number of anilines is 2. The predicted molar refractivity (Wildman–Crippen MR) is 160 cm³/mol. The molecule has 3 saturated heterocycles. The Hall–Kier alpha value is -3.84. The van der Waals surface area contributed by atoms with Gasteiger partial charge in [0.25, 0.3) is 0 Å². The minimum absolute atomic E-state index is 0.00959. The molecule has 4 aliphatic heterocycles. The maximum atomic E-state index is 12.0. The Kier molecular flexibility index (Phi) is 7.14. The summed E-state index contributed by atoms with van der Waals surface area (Å²) in [7, 11) is 2.14. The van der Waals surface area contributed by atoms with Gasteiger partial charge in [-0.05, 0) is 82.2 Å². The summed E-state index contributed by atoms with van der Waals surface area (Å²) in [5.74, 6) is 0.913. The molecule has 3 atom stereocenters. The molecule has 7 rings (SSSR count). The molecule has 10 heteroatoms. The molecule has 42 heavy (non-hydrogen) atoms. The van der Waals surface area contributed by atoms with Crippen LogP contribution >= 0.6 is 0 Å². The number of aromatic nitrogens is 2. The molecule has 1 unspecified atom stereocenters. The third-order valence-corrected chi connectivity index (χ3v) is 10.0. The van der Waals surface area contributed by atoms with Crippen molar-refractivity contribution in [2.45, 2.75) is 76.0 Å². The average Bonchev–Trinajstić information content (AvgIpc) is 3.53. The van der Waals surface area contributed by atoms with E-state index in [0.717, 1.165) is 80.7 Å². The second kappa shape index (κ2) is 11.1. The minimum atomic E-state index is -0.816. The number of ether oxygens (including phenoxy) is 1. The van der Waals surface area contributed by atoms with Crippen molar-refractivity contribution in [1.29, 1.82) is 5.26 Å². The number of carbonyl (C=O) groups is 1. The molecule has 0 spiro atoms. The number of likely N-dealkylation sites (tertiary alicyclic amines) is 1. The summed E-state index contributed by atoms with van der Waals surface area (Å²) in [6, 6.07) is 9.54. The van der Waals surface area contributed by atoms with Gasteiger partial charge in [0.2, 0.25) is 0 Å². The lowest BCUT2D eigenvalue weighted by atomic mass is 9.85. The van der Waals surface area contributed by atoms with E-state index in [1.54, 1.807) is 11.0 Å². The van der Waals surface area contributed by atoms with Crippen molar-refractivity contribution in [3.8, 4) is 12.1 Å². The van der Waals surface area contributed by atoms with Gasteiger partial charge in [-0.2, -0.15) is 15.2 Å². The molecule has 1 aromatic heterocycles. The monoisotopic (exact) mass is 569 g/mol. The van der Waals surface area contributed by atoms with Gasteiger partial charge in [0.05, 0.1) is 30.4 Å². The van der Waals surface area contributed by atoms with Crippen LogP contribution < -0.4 is 14.5 Å². The van der Waals surface area contributed by atoms with Crippen LogP contribution in [0, 0.1) is 11.3 Å². The van der Waals surface area contributed by atoms with Gasteiger partial charge in [-0.1, -0.05) is 12.1 Å². The maximum absolute atomic E-state index is 12.0. The third-order valence-electron chi connectivity index (χ3n) is 10.0. The molecule has 5 aliphatic rings. The minimum Gasteiger partial charge on any atom is -0.465 e. The Morgan fingerprint density at radius 1 is 1.10 bits per heavy atom. The molecule has 5 heterocycles. The van der Waals surface area contributed by atoms with E-state index in [1.807, 2.05) is 0 Å². The number of hydrogen-bond acceptors (Lipinski definition) is 8. The third kappa shape index (κ3) is 4.83. The van der Waals surface area contributed by atoms with Crippen LogP contribution in [0.3, 0.4) is 0 Å². The topological polar surface area (TPSA) is 109 Å². The zero-order valence-corrected chi connectivity index (χ0v) is 24.3. The summed E-state index contributed by atoms with van der Waals surface area (Å²) in [4.78, 5) is 30.7. The van der Waals surface area contributed by atoms with Crippen LogP contribution in [0.2, 0.25) is 0 Å². The predicted octanol–water partition coefficient (Wildman–Crippen LogP) is 4.09. The molecule has 220 valence electrons. The van der Waals surface area contributed by atoms with Crippen molar-refractivity contribution >= 4 is 23.2 Å². The molecule has 0 saturated carbocycles. The van der Waals surface area contributed by atoms with Gasteiger partial charge in [0, 0.05) is 48.6 Å². The fraction of sp³-hybridized carbons (Fsp3) is 0.562. The van der Waals surface area contributed by atoms with E-state index < -0.39 is 6.09 Å². The van der Waals surface area contributed by atoms with Gasteiger partial charge < -0.3 is 24.5 Å². The second-order valence-corrected chi connectivity index (χ2v) is 12.5. The number of rotatable bonds is 5. The number of hydrogen-bond donors (Lipinski definition) is 1. The van der Waals surface area contributed by atoms with E-state index in [4.69, 9.17) is 14.7 Å². The highest BCUT2D eigenvalue weighted by atomic mass is 16.5. The Labute approximate surface area is 247 Å². The van der Waals surface area contributed by atoms with Gasteiger partial charge in [-0.25, -0.2) is 4.79 Å². The Morgan fingerprint density at radius 3 is 2.67 bits per heavy atom. The highest BCUT2D eigenvalue weighted by molar-refractivity contribution is 5.82. The van der Waals surface area contributed by atoms with Crippen molar-refractivity contribution < 1.29 is 14.6 Å². The molecule has 3 fully saturated rings. The fourth-order valence-corrected chi connectivity index (χ4v) is 7.91. The number of nitriles is 1. The van der Waals surface area contributed by atoms with Crippen LogP contribution in [0.1, 0.15) is 60.9 Å². The summed E-state index contributed by atoms with van der Waals surface area (Å²) in [5, 5.41) is 19.3. The Bertz CT molecular complexity index is 1440. The molecule has 10 nitrogen and oxygen atoms in total. The Morgan fingerprint density at radius 2 is 1.93 bits per heavy atom. The van der Waals surface area contributed by atoms with E-state index in [9.17, 15) is 15.2 Å².